The van der Waals surface area contributed by atoms with Crippen molar-refractivity contribution in [1.29, 1.82) is 0 Å². The standard InChI is InChI=1S/C22H33N5O3.BrH/c1-2-3-5-9-18(26-27-22-24-15-16-25-22)12-13-19-20(10-8-14-23-19)30-17-7-4-6-11-21(28)29;/h8,10,12-14H,2-7,9,11,15-17H2,1H3,(H,28,29)(H2,24,25,27);1H/b13-12+,26-18+;. The number of rotatable bonds is 14. The minimum atomic E-state index is -0.753. The highest BCUT2D eigenvalue weighted by atomic mass is 79.9. The molecule has 31 heavy (non-hydrogen) atoms. The van der Waals surface area contributed by atoms with E-state index in [0.29, 0.717) is 19.0 Å². The number of hydrogen-bond acceptors (Lipinski definition) is 7. The molecule has 0 radical (unpaired) electrons. The highest BCUT2D eigenvalue weighted by molar-refractivity contribution is 8.93. The second kappa shape index (κ2) is 16.3. The molecule has 0 amide bonds. The molecule has 0 spiro atoms. The van der Waals surface area contributed by atoms with Crippen molar-refractivity contribution in [3.63, 3.8) is 0 Å². The first-order valence-corrected chi connectivity index (χ1v) is 10.8. The number of aliphatic carboxylic acids is 1. The van der Waals surface area contributed by atoms with Gasteiger partial charge in [0, 0.05) is 19.2 Å². The number of unbranched alkanes of at least 4 members (excludes halogenated alkanes) is 4. The molecule has 1 aliphatic rings. The Morgan fingerprint density at radius 2 is 2.13 bits per heavy atom. The van der Waals surface area contributed by atoms with Crippen molar-refractivity contribution in [3.05, 3.63) is 30.1 Å². The van der Waals surface area contributed by atoms with Crippen molar-refractivity contribution in [2.45, 2.75) is 58.3 Å². The molecule has 0 saturated heterocycles. The van der Waals surface area contributed by atoms with Crippen LogP contribution < -0.4 is 15.5 Å². The fourth-order valence-electron chi connectivity index (χ4n) is 2.89. The molecule has 2 heterocycles. The normalized spacial score (nSPS) is 13.5. The van der Waals surface area contributed by atoms with Crippen molar-refractivity contribution in [1.82, 2.24) is 15.7 Å². The Balaban J connectivity index is 0.00000480. The molecule has 0 unspecified atom stereocenters. The summed E-state index contributed by atoms with van der Waals surface area (Å²) in [5.74, 6) is 0.674. The number of hydrazone groups is 1. The Kier molecular flexibility index (Phi) is 14.0. The summed E-state index contributed by atoms with van der Waals surface area (Å²) in [4.78, 5) is 19.3. The van der Waals surface area contributed by atoms with E-state index < -0.39 is 5.97 Å². The number of halogens is 1. The number of aromatic nitrogens is 1. The summed E-state index contributed by atoms with van der Waals surface area (Å²) < 4.78 is 5.87. The second-order valence-corrected chi connectivity index (χ2v) is 7.10. The Labute approximate surface area is 195 Å². The van der Waals surface area contributed by atoms with Gasteiger partial charge in [-0.2, -0.15) is 5.10 Å². The number of nitrogens with one attached hydrogen (secondary N) is 2. The molecule has 1 aromatic heterocycles. The van der Waals surface area contributed by atoms with Gasteiger partial charge >= 0.3 is 5.97 Å². The first-order chi connectivity index (χ1) is 14.7. The number of ether oxygens (including phenoxy) is 1. The van der Waals surface area contributed by atoms with Crippen LogP contribution in [0.3, 0.4) is 0 Å². The Bertz CT molecular complexity index is 752. The van der Waals surface area contributed by atoms with Gasteiger partial charge in [-0.3, -0.25) is 9.78 Å². The monoisotopic (exact) mass is 495 g/mol. The van der Waals surface area contributed by atoms with Crippen LogP contribution >= 0.6 is 17.0 Å². The van der Waals surface area contributed by atoms with Gasteiger partial charge in [0.1, 0.15) is 11.4 Å². The van der Waals surface area contributed by atoms with Gasteiger partial charge in [-0.15, -0.1) is 17.0 Å². The maximum Gasteiger partial charge on any atom is 0.303 e. The average Bonchev–Trinajstić information content (AvgIpc) is 3.26. The Morgan fingerprint density at radius 3 is 2.87 bits per heavy atom. The topological polar surface area (TPSA) is 108 Å². The highest BCUT2D eigenvalue weighted by Crippen LogP contribution is 2.18. The molecule has 0 saturated carbocycles. The zero-order valence-corrected chi connectivity index (χ0v) is 19.9. The second-order valence-electron chi connectivity index (χ2n) is 7.10. The van der Waals surface area contributed by atoms with Crippen LogP contribution in [-0.2, 0) is 4.79 Å². The molecule has 1 aliphatic heterocycles. The molecule has 8 nitrogen and oxygen atoms in total. The minimum Gasteiger partial charge on any atom is -0.491 e. The fraction of sp³-hybridized carbons (Fsp3) is 0.545. The summed E-state index contributed by atoms with van der Waals surface area (Å²) in [6, 6.07) is 3.74. The van der Waals surface area contributed by atoms with Crippen LogP contribution in [-0.4, -0.2) is 47.4 Å². The lowest BCUT2D eigenvalue weighted by Gasteiger charge is -2.08. The number of carboxylic acid groups (broad SMARTS) is 1. The molecule has 9 heteroatoms. The van der Waals surface area contributed by atoms with Crippen LogP contribution in [0.15, 0.2) is 34.5 Å². The quantitative estimate of drug-likeness (QED) is 0.203. The lowest BCUT2D eigenvalue weighted by molar-refractivity contribution is -0.137. The van der Waals surface area contributed by atoms with E-state index in [0.717, 1.165) is 68.8 Å². The summed E-state index contributed by atoms with van der Waals surface area (Å²) >= 11 is 0. The van der Waals surface area contributed by atoms with Gasteiger partial charge in [0.2, 0.25) is 5.96 Å². The van der Waals surface area contributed by atoms with Crippen LogP contribution in [0.5, 0.6) is 5.75 Å². The van der Waals surface area contributed by atoms with E-state index in [9.17, 15) is 4.79 Å². The molecule has 2 rings (SSSR count). The smallest absolute Gasteiger partial charge is 0.303 e. The van der Waals surface area contributed by atoms with E-state index in [1.54, 1.807) is 6.20 Å². The summed E-state index contributed by atoms with van der Waals surface area (Å²) in [5, 5.41) is 16.3. The van der Waals surface area contributed by atoms with Crippen molar-refractivity contribution in [2.75, 3.05) is 19.7 Å². The Hall–Kier alpha value is -2.42. The first-order valence-electron chi connectivity index (χ1n) is 10.8. The van der Waals surface area contributed by atoms with Crippen LogP contribution in [0.2, 0.25) is 0 Å². The molecular weight excluding hydrogens is 462 g/mol. The van der Waals surface area contributed by atoms with Gasteiger partial charge in [0.25, 0.3) is 0 Å². The van der Waals surface area contributed by atoms with E-state index in [1.807, 2.05) is 24.3 Å². The van der Waals surface area contributed by atoms with Crippen molar-refractivity contribution >= 4 is 40.7 Å². The molecule has 0 fully saturated rings. The van der Waals surface area contributed by atoms with Gasteiger partial charge in [0.05, 0.1) is 18.9 Å². The lowest BCUT2D eigenvalue weighted by Crippen LogP contribution is -2.30. The molecular formula is C22H34BrN5O3. The van der Waals surface area contributed by atoms with Crippen LogP contribution in [0.25, 0.3) is 6.08 Å². The SMILES string of the molecule is Br.CCCCCC(/C=C/c1ncccc1OCCCCCC(=O)O)=N\NC1=NCCN1. The third kappa shape index (κ3) is 11.5. The fourth-order valence-corrected chi connectivity index (χ4v) is 2.89. The van der Waals surface area contributed by atoms with Crippen LogP contribution in [0.4, 0.5) is 0 Å². The Morgan fingerprint density at radius 1 is 1.29 bits per heavy atom. The van der Waals surface area contributed by atoms with E-state index in [1.165, 1.54) is 0 Å². The lowest BCUT2D eigenvalue weighted by atomic mass is 10.1. The number of aliphatic imine (C=N–C) groups is 1. The third-order valence-electron chi connectivity index (χ3n) is 4.54. The average molecular weight is 496 g/mol. The van der Waals surface area contributed by atoms with E-state index in [2.05, 4.69) is 32.7 Å². The molecule has 0 bridgehead atoms. The predicted molar refractivity (Wildman–Crippen MR) is 130 cm³/mol. The van der Waals surface area contributed by atoms with Gasteiger partial charge in [-0.25, -0.2) is 10.4 Å². The minimum absolute atomic E-state index is 0. The molecule has 172 valence electrons. The number of hydrogen-bond donors (Lipinski definition) is 3. The van der Waals surface area contributed by atoms with Crippen molar-refractivity contribution in [3.8, 4) is 5.75 Å². The molecule has 0 aromatic carbocycles. The highest BCUT2D eigenvalue weighted by Gasteiger charge is 2.05. The predicted octanol–water partition coefficient (Wildman–Crippen LogP) is 4.18. The van der Waals surface area contributed by atoms with Gasteiger partial charge in [-0.05, 0) is 56.4 Å². The summed E-state index contributed by atoms with van der Waals surface area (Å²) in [6.45, 7) is 4.32. The number of guanidine groups is 1. The van der Waals surface area contributed by atoms with Crippen molar-refractivity contribution < 1.29 is 14.6 Å². The van der Waals surface area contributed by atoms with Crippen molar-refractivity contribution in [2.24, 2.45) is 10.1 Å². The first kappa shape index (κ1) is 26.6. The summed E-state index contributed by atoms with van der Waals surface area (Å²) in [5.41, 5.74) is 4.69. The zero-order chi connectivity index (χ0) is 21.4. The van der Waals surface area contributed by atoms with Gasteiger partial charge in [-0.1, -0.05) is 19.8 Å². The molecule has 0 aliphatic carbocycles. The van der Waals surface area contributed by atoms with Crippen LogP contribution in [0, 0.1) is 0 Å². The molecule has 1 aromatic rings. The number of carbonyl (C=O) groups is 1. The molecule has 3 N–H and O–H groups in total. The summed E-state index contributed by atoms with van der Waals surface area (Å²) in [7, 11) is 0. The summed E-state index contributed by atoms with van der Waals surface area (Å²) in [6.07, 6.45) is 12.4. The maximum absolute atomic E-state index is 10.6. The third-order valence-corrected chi connectivity index (χ3v) is 4.54. The van der Waals surface area contributed by atoms with E-state index in [4.69, 9.17) is 9.84 Å². The van der Waals surface area contributed by atoms with Crippen LogP contribution in [0.1, 0.15) is 64.0 Å². The zero-order valence-electron chi connectivity index (χ0n) is 18.2. The van der Waals surface area contributed by atoms with E-state index >= 15 is 0 Å². The molecule has 0 atom stereocenters. The maximum atomic E-state index is 10.6. The number of nitrogens with zero attached hydrogens (tertiary/aromatic N) is 3. The van der Waals surface area contributed by atoms with E-state index in [-0.39, 0.29) is 23.4 Å². The largest absolute Gasteiger partial charge is 0.491 e. The number of carboxylic acids is 1. The van der Waals surface area contributed by atoms with Gasteiger partial charge in [0.15, 0.2) is 0 Å². The van der Waals surface area contributed by atoms with Gasteiger partial charge < -0.3 is 15.2 Å². The number of pyridine rings is 1. The number of allylic oxidation sites excluding steroid dienone is 1.